The molecule has 1 aliphatic heterocycles. The number of benzene rings is 1. The second kappa shape index (κ2) is 6.89. The molecule has 1 fully saturated rings. The van der Waals surface area contributed by atoms with Crippen LogP contribution >= 0.6 is 11.3 Å². The Kier molecular flexibility index (Phi) is 4.68. The number of likely N-dealkylation sites (tertiary alicyclic amines) is 1. The average molecular weight is 330 g/mol. The van der Waals surface area contributed by atoms with Crippen LogP contribution in [0.1, 0.15) is 27.5 Å². The highest BCUT2D eigenvalue weighted by atomic mass is 32.1. The Morgan fingerprint density at radius 2 is 2.17 bits per heavy atom. The fraction of sp³-hybridized carbons (Fsp3) is 0.312. The van der Waals surface area contributed by atoms with Gasteiger partial charge < -0.3 is 16.0 Å². The van der Waals surface area contributed by atoms with Crippen LogP contribution in [-0.4, -0.2) is 34.3 Å². The Hall–Kier alpha value is -2.25. The van der Waals surface area contributed by atoms with Gasteiger partial charge in [-0.25, -0.2) is 4.98 Å². The van der Waals surface area contributed by atoms with Gasteiger partial charge in [0.05, 0.1) is 0 Å². The first kappa shape index (κ1) is 15.6. The van der Waals surface area contributed by atoms with Crippen molar-refractivity contribution in [2.24, 2.45) is 5.73 Å². The molecule has 23 heavy (non-hydrogen) atoms. The predicted octanol–water partition coefficient (Wildman–Crippen LogP) is 1.13. The summed E-state index contributed by atoms with van der Waals surface area (Å²) in [5.41, 5.74) is 6.90. The first-order valence-electron chi connectivity index (χ1n) is 7.45. The summed E-state index contributed by atoms with van der Waals surface area (Å²) in [5, 5.41) is 5.14. The van der Waals surface area contributed by atoms with E-state index < -0.39 is 6.04 Å². The molecule has 1 aromatic heterocycles. The first-order chi connectivity index (χ1) is 11.2. The van der Waals surface area contributed by atoms with E-state index in [0.29, 0.717) is 36.8 Å². The molecule has 0 spiro atoms. The standard InChI is InChI=1S/C16H18N4O2S/c17-8-14-18-13(10-23-14)15(21)19-12-6-7-20(16(12)22)9-11-4-2-1-3-5-11/h1-5,10,12H,6-9,17H2,(H,19,21). The molecule has 0 bridgehead atoms. The molecule has 1 atom stereocenters. The van der Waals surface area contributed by atoms with E-state index >= 15 is 0 Å². The number of hydrogen-bond acceptors (Lipinski definition) is 5. The largest absolute Gasteiger partial charge is 0.339 e. The third-order valence-corrected chi connectivity index (χ3v) is 4.65. The number of amides is 2. The average Bonchev–Trinajstić information content (AvgIpc) is 3.18. The van der Waals surface area contributed by atoms with Gasteiger partial charge in [-0.05, 0) is 12.0 Å². The van der Waals surface area contributed by atoms with Crippen LogP contribution in [-0.2, 0) is 17.9 Å². The van der Waals surface area contributed by atoms with Crippen molar-refractivity contribution in [3.63, 3.8) is 0 Å². The highest BCUT2D eigenvalue weighted by molar-refractivity contribution is 7.09. The maximum absolute atomic E-state index is 12.4. The number of thiazole rings is 1. The van der Waals surface area contributed by atoms with Gasteiger partial charge in [0.1, 0.15) is 16.7 Å². The lowest BCUT2D eigenvalue weighted by atomic mass is 10.2. The van der Waals surface area contributed by atoms with Crippen LogP contribution in [0.3, 0.4) is 0 Å². The molecule has 2 heterocycles. The van der Waals surface area contributed by atoms with Gasteiger partial charge in [0, 0.05) is 25.0 Å². The van der Waals surface area contributed by atoms with Crippen molar-refractivity contribution in [1.29, 1.82) is 0 Å². The van der Waals surface area contributed by atoms with Gasteiger partial charge >= 0.3 is 0 Å². The van der Waals surface area contributed by atoms with E-state index in [4.69, 9.17) is 5.73 Å². The van der Waals surface area contributed by atoms with Crippen molar-refractivity contribution in [3.8, 4) is 0 Å². The van der Waals surface area contributed by atoms with Gasteiger partial charge in [0.15, 0.2) is 0 Å². The normalized spacial score (nSPS) is 17.5. The lowest BCUT2D eigenvalue weighted by molar-refractivity contribution is -0.129. The number of aromatic nitrogens is 1. The van der Waals surface area contributed by atoms with Crippen molar-refractivity contribution in [1.82, 2.24) is 15.2 Å². The van der Waals surface area contributed by atoms with Crippen molar-refractivity contribution in [2.45, 2.75) is 25.6 Å². The monoisotopic (exact) mass is 330 g/mol. The minimum absolute atomic E-state index is 0.0449. The quantitative estimate of drug-likeness (QED) is 0.860. The number of hydrogen-bond donors (Lipinski definition) is 2. The Morgan fingerprint density at radius 3 is 2.87 bits per heavy atom. The molecule has 3 rings (SSSR count). The molecule has 1 aliphatic rings. The third kappa shape index (κ3) is 3.57. The molecule has 7 heteroatoms. The second-order valence-electron chi connectivity index (χ2n) is 5.39. The Bertz CT molecular complexity index is 701. The van der Waals surface area contributed by atoms with E-state index in [1.54, 1.807) is 10.3 Å². The molecule has 0 saturated carbocycles. The molecule has 3 N–H and O–H groups in total. The number of carbonyl (C=O) groups is 2. The lowest BCUT2D eigenvalue weighted by Gasteiger charge is -2.17. The van der Waals surface area contributed by atoms with E-state index in [-0.39, 0.29) is 11.8 Å². The van der Waals surface area contributed by atoms with E-state index in [0.717, 1.165) is 5.56 Å². The summed E-state index contributed by atoms with van der Waals surface area (Å²) in [6.45, 7) is 1.52. The van der Waals surface area contributed by atoms with E-state index in [9.17, 15) is 9.59 Å². The molecular formula is C16H18N4O2S. The van der Waals surface area contributed by atoms with Crippen molar-refractivity contribution >= 4 is 23.2 Å². The third-order valence-electron chi connectivity index (χ3n) is 3.78. The maximum Gasteiger partial charge on any atom is 0.271 e. The van der Waals surface area contributed by atoms with Crippen LogP contribution in [0.15, 0.2) is 35.7 Å². The van der Waals surface area contributed by atoms with Crippen molar-refractivity contribution in [2.75, 3.05) is 6.54 Å². The van der Waals surface area contributed by atoms with Gasteiger partial charge in [-0.3, -0.25) is 9.59 Å². The Morgan fingerprint density at radius 1 is 1.39 bits per heavy atom. The molecule has 0 aliphatic carbocycles. The van der Waals surface area contributed by atoms with E-state index in [1.807, 2.05) is 30.3 Å². The van der Waals surface area contributed by atoms with Crippen LogP contribution in [0.2, 0.25) is 0 Å². The summed E-state index contributed by atoms with van der Waals surface area (Å²) in [7, 11) is 0. The van der Waals surface area contributed by atoms with Crippen LogP contribution in [0.4, 0.5) is 0 Å². The highest BCUT2D eigenvalue weighted by Gasteiger charge is 2.33. The molecule has 1 unspecified atom stereocenters. The molecule has 1 aromatic carbocycles. The fourth-order valence-corrected chi connectivity index (χ4v) is 3.23. The van der Waals surface area contributed by atoms with Crippen LogP contribution in [0.5, 0.6) is 0 Å². The summed E-state index contributed by atoms with van der Waals surface area (Å²) >= 11 is 1.35. The summed E-state index contributed by atoms with van der Waals surface area (Å²) < 4.78 is 0. The van der Waals surface area contributed by atoms with Crippen molar-refractivity contribution in [3.05, 3.63) is 52.0 Å². The summed E-state index contributed by atoms with van der Waals surface area (Å²) in [6, 6.07) is 9.35. The van der Waals surface area contributed by atoms with E-state index in [2.05, 4.69) is 10.3 Å². The van der Waals surface area contributed by atoms with Crippen molar-refractivity contribution < 1.29 is 9.59 Å². The van der Waals surface area contributed by atoms with E-state index in [1.165, 1.54) is 11.3 Å². The van der Waals surface area contributed by atoms with Gasteiger partial charge in [0.2, 0.25) is 5.91 Å². The van der Waals surface area contributed by atoms with Crippen LogP contribution in [0.25, 0.3) is 0 Å². The Balaban J connectivity index is 1.59. The number of carbonyl (C=O) groups excluding carboxylic acids is 2. The molecule has 1 saturated heterocycles. The molecule has 120 valence electrons. The zero-order valence-corrected chi connectivity index (χ0v) is 13.4. The SMILES string of the molecule is NCc1nc(C(=O)NC2CCN(Cc3ccccc3)C2=O)cs1. The fourth-order valence-electron chi connectivity index (χ4n) is 2.57. The predicted molar refractivity (Wildman–Crippen MR) is 87.7 cm³/mol. The minimum Gasteiger partial charge on any atom is -0.339 e. The molecular weight excluding hydrogens is 312 g/mol. The topological polar surface area (TPSA) is 88.3 Å². The van der Waals surface area contributed by atoms with Gasteiger partial charge in [-0.15, -0.1) is 11.3 Å². The summed E-state index contributed by atoms with van der Waals surface area (Å²) in [5.74, 6) is -0.364. The van der Waals surface area contributed by atoms with Crippen LogP contribution in [0, 0.1) is 0 Å². The number of rotatable bonds is 5. The maximum atomic E-state index is 12.4. The molecule has 0 radical (unpaired) electrons. The number of nitrogens with two attached hydrogens (primary N) is 1. The Labute approximate surface area is 138 Å². The molecule has 6 nitrogen and oxygen atoms in total. The summed E-state index contributed by atoms with van der Waals surface area (Å²) in [4.78, 5) is 30.5. The summed E-state index contributed by atoms with van der Waals surface area (Å²) in [6.07, 6.45) is 0.616. The zero-order chi connectivity index (χ0) is 16.2. The minimum atomic E-state index is -0.478. The molecule has 2 amide bonds. The van der Waals surface area contributed by atoms with Gasteiger partial charge in [0.25, 0.3) is 5.91 Å². The highest BCUT2D eigenvalue weighted by Crippen LogP contribution is 2.16. The van der Waals surface area contributed by atoms with Gasteiger partial charge in [-0.2, -0.15) is 0 Å². The lowest BCUT2D eigenvalue weighted by Crippen LogP contribution is -2.41. The first-order valence-corrected chi connectivity index (χ1v) is 8.33. The number of nitrogens with zero attached hydrogens (tertiary/aromatic N) is 2. The van der Waals surface area contributed by atoms with Gasteiger partial charge in [-0.1, -0.05) is 30.3 Å². The van der Waals surface area contributed by atoms with Crippen LogP contribution < -0.4 is 11.1 Å². The second-order valence-corrected chi connectivity index (χ2v) is 6.33. The number of nitrogens with one attached hydrogen (secondary N) is 1. The smallest absolute Gasteiger partial charge is 0.271 e. The molecule has 2 aromatic rings. The zero-order valence-electron chi connectivity index (χ0n) is 12.6.